The topological polar surface area (TPSA) is 46.2 Å². The SMILES string of the molecule is CCCC(=O)N[C@@H](CC(C)C)C(=O)CCl. The largest absolute Gasteiger partial charge is 0.346 e. The van der Waals surface area contributed by atoms with E-state index >= 15 is 0 Å². The first kappa shape index (κ1) is 14.4. The zero-order valence-electron chi connectivity index (χ0n) is 9.68. The van der Waals surface area contributed by atoms with E-state index in [1.807, 2.05) is 20.8 Å². The Bertz CT molecular complexity index is 217. The zero-order chi connectivity index (χ0) is 11.8. The van der Waals surface area contributed by atoms with Crippen molar-refractivity contribution in [2.45, 2.75) is 46.1 Å². The summed E-state index contributed by atoms with van der Waals surface area (Å²) in [5, 5.41) is 2.73. The molecule has 0 bridgehead atoms. The van der Waals surface area contributed by atoms with Crippen molar-refractivity contribution in [2.24, 2.45) is 5.92 Å². The molecule has 88 valence electrons. The maximum absolute atomic E-state index is 11.4. The number of rotatable bonds is 7. The van der Waals surface area contributed by atoms with E-state index in [9.17, 15) is 9.59 Å². The van der Waals surface area contributed by atoms with E-state index in [1.165, 1.54) is 0 Å². The Kier molecular flexibility index (Phi) is 7.39. The van der Waals surface area contributed by atoms with E-state index in [2.05, 4.69) is 5.32 Å². The summed E-state index contributed by atoms with van der Waals surface area (Å²) in [5.74, 6) is 0.157. The third-order valence-corrected chi connectivity index (χ3v) is 2.30. The van der Waals surface area contributed by atoms with Crippen LogP contribution < -0.4 is 5.32 Å². The average Bonchev–Trinajstić information content (AvgIpc) is 2.15. The Morgan fingerprint density at radius 3 is 2.33 bits per heavy atom. The van der Waals surface area contributed by atoms with Crippen LogP contribution in [0.2, 0.25) is 0 Å². The summed E-state index contributed by atoms with van der Waals surface area (Å²) in [7, 11) is 0. The molecule has 0 aliphatic carbocycles. The predicted molar refractivity (Wildman–Crippen MR) is 62.0 cm³/mol. The number of hydrogen-bond acceptors (Lipinski definition) is 2. The van der Waals surface area contributed by atoms with Crippen LogP contribution in [0.25, 0.3) is 0 Å². The van der Waals surface area contributed by atoms with E-state index in [0.29, 0.717) is 18.8 Å². The van der Waals surface area contributed by atoms with Crippen LogP contribution in [-0.4, -0.2) is 23.6 Å². The highest BCUT2D eigenvalue weighted by molar-refractivity contribution is 6.28. The molecule has 1 amide bonds. The number of carbonyl (C=O) groups excluding carboxylic acids is 2. The van der Waals surface area contributed by atoms with Crippen LogP contribution in [-0.2, 0) is 9.59 Å². The number of nitrogens with one attached hydrogen (secondary N) is 1. The van der Waals surface area contributed by atoms with E-state index in [4.69, 9.17) is 11.6 Å². The minimum absolute atomic E-state index is 0.0379. The molecule has 0 aliphatic heterocycles. The van der Waals surface area contributed by atoms with Crippen LogP contribution in [0.1, 0.15) is 40.0 Å². The molecule has 15 heavy (non-hydrogen) atoms. The fourth-order valence-electron chi connectivity index (χ4n) is 1.33. The molecule has 0 radical (unpaired) electrons. The van der Waals surface area contributed by atoms with Gasteiger partial charge >= 0.3 is 0 Å². The molecule has 0 unspecified atom stereocenters. The predicted octanol–water partition coefficient (Wildman–Crippen LogP) is 2.13. The molecule has 0 aromatic heterocycles. The summed E-state index contributed by atoms with van der Waals surface area (Å²) < 4.78 is 0. The molecule has 0 aromatic rings. The molecular formula is C11H20ClNO2. The molecule has 4 heteroatoms. The van der Waals surface area contributed by atoms with E-state index < -0.39 is 6.04 Å². The number of amides is 1. The van der Waals surface area contributed by atoms with Crippen molar-refractivity contribution >= 4 is 23.3 Å². The maximum atomic E-state index is 11.4. The first-order chi connectivity index (χ1) is 7.01. The minimum atomic E-state index is -0.415. The van der Waals surface area contributed by atoms with Crippen molar-refractivity contribution in [3.05, 3.63) is 0 Å². The third kappa shape index (κ3) is 6.50. The van der Waals surface area contributed by atoms with Gasteiger partial charge < -0.3 is 5.32 Å². The maximum Gasteiger partial charge on any atom is 0.220 e. The van der Waals surface area contributed by atoms with Crippen LogP contribution in [0, 0.1) is 5.92 Å². The Labute approximate surface area is 96.6 Å². The quantitative estimate of drug-likeness (QED) is 0.685. The molecule has 0 rings (SSSR count). The van der Waals surface area contributed by atoms with Crippen LogP contribution in [0.3, 0.4) is 0 Å². The van der Waals surface area contributed by atoms with Gasteiger partial charge in [0.1, 0.15) is 0 Å². The van der Waals surface area contributed by atoms with Gasteiger partial charge in [-0.2, -0.15) is 0 Å². The Morgan fingerprint density at radius 1 is 1.33 bits per heavy atom. The lowest BCUT2D eigenvalue weighted by molar-refractivity contribution is -0.127. The average molecular weight is 234 g/mol. The fraction of sp³-hybridized carbons (Fsp3) is 0.818. The number of Topliss-reactive ketones (excluding diaryl/α,β-unsaturated/α-hetero) is 1. The Hall–Kier alpha value is -0.570. The normalized spacial score (nSPS) is 12.6. The minimum Gasteiger partial charge on any atom is -0.346 e. The van der Waals surface area contributed by atoms with Crippen LogP contribution in [0.4, 0.5) is 0 Å². The highest BCUT2D eigenvalue weighted by Gasteiger charge is 2.20. The Balaban J connectivity index is 4.24. The molecule has 1 atom stereocenters. The second kappa shape index (κ2) is 7.69. The van der Waals surface area contributed by atoms with Gasteiger partial charge in [-0.1, -0.05) is 20.8 Å². The van der Waals surface area contributed by atoms with Gasteiger partial charge in [-0.15, -0.1) is 11.6 Å². The lowest BCUT2D eigenvalue weighted by atomic mass is 10.0. The number of hydrogen-bond donors (Lipinski definition) is 1. The Morgan fingerprint density at radius 2 is 1.93 bits per heavy atom. The highest BCUT2D eigenvalue weighted by Crippen LogP contribution is 2.07. The second-order valence-corrected chi connectivity index (χ2v) is 4.37. The smallest absolute Gasteiger partial charge is 0.220 e. The molecule has 0 saturated carbocycles. The van der Waals surface area contributed by atoms with Crippen molar-refractivity contribution in [3.63, 3.8) is 0 Å². The molecule has 0 aliphatic rings. The van der Waals surface area contributed by atoms with E-state index in [1.54, 1.807) is 0 Å². The van der Waals surface area contributed by atoms with Crippen molar-refractivity contribution in [1.82, 2.24) is 5.32 Å². The summed E-state index contributed by atoms with van der Waals surface area (Å²) in [4.78, 5) is 22.8. The fourth-order valence-corrected chi connectivity index (χ4v) is 1.52. The summed E-state index contributed by atoms with van der Waals surface area (Å²) >= 11 is 5.49. The number of ketones is 1. The lowest BCUT2D eigenvalue weighted by Crippen LogP contribution is -2.42. The van der Waals surface area contributed by atoms with Crippen molar-refractivity contribution < 1.29 is 9.59 Å². The van der Waals surface area contributed by atoms with Gasteiger partial charge in [0.2, 0.25) is 5.91 Å². The van der Waals surface area contributed by atoms with Crippen molar-refractivity contribution in [3.8, 4) is 0 Å². The molecular weight excluding hydrogens is 214 g/mol. The second-order valence-electron chi connectivity index (χ2n) is 4.10. The van der Waals surface area contributed by atoms with Gasteiger partial charge in [-0.3, -0.25) is 9.59 Å². The first-order valence-corrected chi connectivity index (χ1v) is 5.92. The molecule has 0 heterocycles. The highest BCUT2D eigenvalue weighted by atomic mass is 35.5. The third-order valence-electron chi connectivity index (χ3n) is 2.04. The van der Waals surface area contributed by atoms with Crippen LogP contribution in [0.15, 0.2) is 0 Å². The molecule has 0 aromatic carbocycles. The molecule has 1 N–H and O–H groups in total. The van der Waals surface area contributed by atoms with Crippen molar-refractivity contribution in [2.75, 3.05) is 5.88 Å². The summed E-state index contributed by atoms with van der Waals surface area (Å²) in [6.07, 6.45) is 1.90. The van der Waals surface area contributed by atoms with Crippen molar-refractivity contribution in [1.29, 1.82) is 0 Å². The van der Waals surface area contributed by atoms with Gasteiger partial charge in [0.25, 0.3) is 0 Å². The monoisotopic (exact) mass is 233 g/mol. The van der Waals surface area contributed by atoms with Gasteiger partial charge in [0.15, 0.2) is 5.78 Å². The summed E-state index contributed by atoms with van der Waals surface area (Å²) in [5.41, 5.74) is 0. The standard InChI is InChI=1S/C11H20ClNO2/c1-4-5-11(15)13-9(6-8(2)3)10(14)7-12/h8-9H,4-7H2,1-3H3,(H,13,15)/t9-/m0/s1. The van der Waals surface area contributed by atoms with E-state index in [0.717, 1.165) is 6.42 Å². The van der Waals surface area contributed by atoms with Crippen LogP contribution >= 0.6 is 11.6 Å². The number of alkyl halides is 1. The lowest BCUT2D eigenvalue weighted by Gasteiger charge is -2.18. The summed E-state index contributed by atoms with van der Waals surface area (Å²) in [6, 6.07) is -0.415. The number of carbonyl (C=O) groups is 2. The van der Waals surface area contributed by atoms with Crippen LogP contribution in [0.5, 0.6) is 0 Å². The van der Waals surface area contributed by atoms with Gasteiger partial charge in [0.05, 0.1) is 11.9 Å². The van der Waals surface area contributed by atoms with E-state index in [-0.39, 0.29) is 17.6 Å². The molecule has 0 fully saturated rings. The molecule has 3 nitrogen and oxygen atoms in total. The zero-order valence-corrected chi connectivity index (χ0v) is 10.4. The number of halogens is 1. The van der Waals surface area contributed by atoms with Gasteiger partial charge in [-0.25, -0.2) is 0 Å². The molecule has 0 saturated heterocycles. The van der Waals surface area contributed by atoms with Gasteiger partial charge in [0, 0.05) is 6.42 Å². The molecule has 0 spiro atoms. The first-order valence-electron chi connectivity index (χ1n) is 5.39. The summed E-state index contributed by atoms with van der Waals surface area (Å²) in [6.45, 7) is 5.96. The van der Waals surface area contributed by atoms with Gasteiger partial charge in [-0.05, 0) is 18.8 Å².